The van der Waals surface area contributed by atoms with Crippen LogP contribution in [-0.4, -0.2) is 77.8 Å². The second kappa shape index (κ2) is 8.55. The van der Waals surface area contributed by atoms with Gasteiger partial charge in [-0.25, -0.2) is 9.97 Å². The third kappa shape index (κ3) is 4.18. The van der Waals surface area contributed by atoms with E-state index in [0.29, 0.717) is 47.4 Å². The fourth-order valence-corrected chi connectivity index (χ4v) is 8.02. The predicted molar refractivity (Wildman–Crippen MR) is 137 cm³/mol. The molecule has 6 heterocycles. The van der Waals surface area contributed by atoms with Gasteiger partial charge in [0.15, 0.2) is 5.60 Å². The first-order chi connectivity index (χ1) is 16.7. The molecule has 0 bridgehead atoms. The van der Waals surface area contributed by atoms with Crippen molar-refractivity contribution in [3.63, 3.8) is 0 Å². The summed E-state index contributed by atoms with van der Waals surface area (Å²) >= 11 is 7.96. The first kappa shape index (κ1) is 23.4. The molecule has 0 saturated carbocycles. The monoisotopic (exact) mass is 536 g/mol. The fraction of sp³-hybridized carbons (Fsp3) is 0.435. The van der Waals surface area contributed by atoms with Gasteiger partial charge in [0, 0.05) is 53.6 Å². The second-order valence-electron chi connectivity index (χ2n) is 9.40. The van der Waals surface area contributed by atoms with E-state index in [9.17, 15) is 19.0 Å². The number of nitrogens with one attached hydrogen (secondary N) is 1. The van der Waals surface area contributed by atoms with Crippen molar-refractivity contribution < 1.29 is 23.7 Å². The molecule has 12 heteroatoms. The van der Waals surface area contributed by atoms with Crippen molar-refractivity contribution in [3.05, 3.63) is 40.3 Å². The summed E-state index contributed by atoms with van der Waals surface area (Å²) in [5.74, 6) is 0.204. The number of halogens is 1. The minimum atomic E-state index is -2.59. The number of amides is 1. The highest BCUT2D eigenvalue weighted by Gasteiger charge is 2.41. The summed E-state index contributed by atoms with van der Waals surface area (Å²) in [5, 5.41) is 12.6. The van der Waals surface area contributed by atoms with Gasteiger partial charge in [-0.3, -0.25) is 13.9 Å². The van der Waals surface area contributed by atoms with E-state index in [-0.39, 0.29) is 30.8 Å². The molecule has 0 aliphatic carbocycles. The van der Waals surface area contributed by atoms with Crippen molar-refractivity contribution in [3.8, 4) is 10.4 Å². The minimum Gasteiger partial charge on any atom is -0.378 e. The molecule has 3 aromatic heterocycles. The van der Waals surface area contributed by atoms with Crippen LogP contribution in [0.1, 0.15) is 23.5 Å². The third-order valence-electron chi connectivity index (χ3n) is 6.92. The molecule has 4 N–H and O–H groups in total. The lowest BCUT2D eigenvalue weighted by molar-refractivity contribution is -0.184. The van der Waals surface area contributed by atoms with Crippen molar-refractivity contribution >= 4 is 56.0 Å². The Morgan fingerprint density at radius 3 is 2.80 bits per heavy atom. The molecule has 6 rings (SSSR count). The normalized spacial score (nSPS) is 24.3. The summed E-state index contributed by atoms with van der Waals surface area (Å²) in [5.41, 5.74) is 2.51. The number of H-pyrrole nitrogens is 1. The SMILES string of the molecule is O=C(C1CCS(O)(O)C1)N1CC=C(c2cc3c(-c4cnc(C5(O)COC5)s4)c(Cl)cnc3[nH]2)CC1. The summed E-state index contributed by atoms with van der Waals surface area (Å²) in [7, 11) is -2.59. The average Bonchev–Trinajstić information content (AvgIpc) is 3.55. The Bertz CT molecular complexity index is 1350. The molecule has 3 aliphatic rings. The maximum atomic E-state index is 12.8. The molecule has 35 heavy (non-hydrogen) atoms. The quantitative estimate of drug-likeness (QED) is 0.397. The van der Waals surface area contributed by atoms with Crippen LogP contribution in [0, 0.1) is 5.92 Å². The van der Waals surface area contributed by atoms with E-state index in [1.54, 1.807) is 17.3 Å². The van der Waals surface area contributed by atoms with E-state index in [1.165, 1.54) is 11.3 Å². The standard InChI is InChI=1S/C23H25ClN4O5S2/c24-16-8-25-20-15(19(16)18-9-26-22(34-18)23(30)11-33-12-23)7-17(27-20)13-1-4-28(5-2-13)21(29)14-3-6-35(31,32)10-14/h1,7-9,14,30-32H,2-6,10-12H2,(H,25,27). The fourth-order valence-electron chi connectivity index (χ4n) is 4.88. The molecule has 1 amide bonds. The number of carbonyl (C=O) groups is 1. The van der Waals surface area contributed by atoms with Crippen molar-refractivity contribution in [1.29, 1.82) is 0 Å². The van der Waals surface area contributed by atoms with Gasteiger partial charge in [-0.1, -0.05) is 17.7 Å². The highest BCUT2D eigenvalue weighted by molar-refractivity contribution is 8.24. The number of hydrogen-bond acceptors (Lipinski definition) is 8. The lowest BCUT2D eigenvalue weighted by Gasteiger charge is -2.34. The van der Waals surface area contributed by atoms with Gasteiger partial charge in [-0.15, -0.1) is 11.3 Å². The Balaban J connectivity index is 1.25. The minimum absolute atomic E-state index is 0.00433. The smallest absolute Gasteiger partial charge is 0.227 e. The molecular formula is C23H25ClN4O5S2. The van der Waals surface area contributed by atoms with Crippen molar-refractivity contribution in [2.45, 2.75) is 18.4 Å². The topological polar surface area (TPSA) is 132 Å². The zero-order valence-corrected chi connectivity index (χ0v) is 21.1. The summed E-state index contributed by atoms with van der Waals surface area (Å²) in [6.07, 6.45) is 6.60. The Labute approximate surface area is 212 Å². The number of fused-ring (bicyclic) bond motifs is 1. The molecule has 0 radical (unpaired) electrons. The molecule has 0 spiro atoms. The Morgan fingerprint density at radius 1 is 1.31 bits per heavy atom. The van der Waals surface area contributed by atoms with Crippen LogP contribution in [0.25, 0.3) is 27.0 Å². The molecule has 0 aromatic carbocycles. The number of thiazole rings is 1. The van der Waals surface area contributed by atoms with Gasteiger partial charge in [0.2, 0.25) is 5.91 Å². The van der Waals surface area contributed by atoms with Crippen molar-refractivity contribution in [1.82, 2.24) is 19.9 Å². The van der Waals surface area contributed by atoms with Gasteiger partial charge < -0.3 is 19.7 Å². The zero-order chi connectivity index (χ0) is 24.4. The van der Waals surface area contributed by atoms with Crippen LogP contribution >= 0.6 is 33.5 Å². The predicted octanol–water partition coefficient (Wildman–Crippen LogP) is 3.94. The van der Waals surface area contributed by atoms with Crippen LogP contribution in [0.2, 0.25) is 5.02 Å². The number of hydrogen-bond donors (Lipinski definition) is 4. The van der Waals surface area contributed by atoms with Gasteiger partial charge in [-0.05, 0) is 24.5 Å². The number of aromatic amines is 1. The largest absolute Gasteiger partial charge is 0.378 e. The van der Waals surface area contributed by atoms with Gasteiger partial charge in [-0.2, -0.15) is 10.6 Å². The summed E-state index contributed by atoms with van der Waals surface area (Å²) < 4.78 is 24.9. The molecule has 1 atom stereocenters. The van der Waals surface area contributed by atoms with Gasteiger partial charge >= 0.3 is 0 Å². The van der Waals surface area contributed by atoms with E-state index >= 15 is 0 Å². The first-order valence-corrected chi connectivity index (χ1v) is 14.5. The number of aromatic nitrogens is 3. The highest BCUT2D eigenvalue weighted by atomic mass is 35.5. The number of ether oxygens (including phenoxy) is 1. The van der Waals surface area contributed by atoms with E-state index in [0.717, 1.165) is 27.1 Å². The molecular weight excluding hydrogens is 512 g/mol. The van der Waals surface area contributed by atoms with Gasteiger partial charge in [0.1, 0.15) is 10.7 Å². The number of aliphatic hydroxyl groups is 1. The highest BCUT2D eigenvalue weighted by Crippen LogP contribution is 2.49. The van der Waals surface area contributed by atoms with E-state index in [1.807, 2.05) is 12.1 Å². The van der Waals surface area contributed by atoms with Gasteiger partial charge in [0.25, 0.3) is 0 Å². The van der Waals surface area contributed by atoms with E-state index < -0.39 is 16.2 Å². The molecule has 2 saturated heterocycles. The molecule has 2 fully saturated rings. The van der Waals surface area contributed by atoms with Crippen LogP contribution < -0.4 is 0 Å². The Hall–Kier alpha value is -1.99. The van der Waals surface area contributed by atoms with Crippen LogP contribution in [0.3, 0.4) is 0 Å². The zero-order valence-electron chi connectivity index (χ0n) is 18.7. The maximum absolute atomic E-state index is 12.8. The molecule has 9 nitrogen and oxygen atoms in total. The van der Waals surface area contributed by atoms with Crippen LogP contribution in [-0.2, 0) is 15.1 Å². The van der Waals surface area contributed by atoms with Crippen LogP contribution in [0.15, 0.2) is 24.5 Å². The molecule has 186 valence electrons. The Kier molecular flexibility index (Phi) is 5.72. The summed E-state index contributed by atoms with van der Waals surface area (Å²) in [4.78, 5) is 27.7. The third-order valence-corrected chi connectivity index (χ3v) is 10.2. The Morgan fingerprint density at radius 2 is 2.14 bits per heavy atom. The van der Waals surface area contributed by atoms with E-state index in [4.69, 9.17) is 16.3 Å². The maximum Gasteiger partial charge on any atom is 0.227 e. The van der Waals surface area contributed by atoms with Crippen molar-refractivity contribution in [2.75, 3.05) is 37.8 Å². The van der Waals surface area contributed by atoms with E-state index in [2.05, 4.69) is 15.0 Å². The summed E-state index contributed by atoms with van der Waals surface area (Å²) in [6, 6.07) is 2.03. The number of rotatable bonds is 4. The number of nitrogens with zero attached hydrogens (tertiary/aromatic N) is 3. The average molecular weight is 537 g/mol. The number of pyridine rings is 1. The first-order valence-electron chi connectivity index (χ1n) is 11.4. The lowest BCUT2D eigenvalue weighted by Crippen LogP contribution is -2.46. The molecule has 3 aliphatic heterocycles. The lowest BCUT2D eigenvalue weighted by atomic mass is 10.0. The van der Waals surface area contributed by atoms with Crippen LogP contribution in [0.5, 0.6) is 0 Å². The molecule has 1 unspecified atom stereocenters. The van der Waals surface area contributed by atoms with Crippen LogP contribution in [0.4, 0.5) is 0 Å². The number of carbonyl (C=O) groups excluding carboxylic acids is 1. The summed E-state index contributed by atoms with van der Waals surface area (Å²) in [6.45, 7) is 1.54. The van der Waals surface area contributed by atoms with Gasteiger partial charge in [0.05, 0.1) is 29.0 Å². The van der Waals surface area contributed by atoms with Crippen molar-refractivity contribution in [2.24, 2.45) is 5.92 Å². The second-order valence-corrected chi connectivity index (χ2v) is 13.2. The molecule has 3 aromatic rings.